The minimum Gasteiger partial charge on any atom is -0.374 e. The predicted molar refractivity (Wildman–Crippen MR) is 61.3 cm³/mol. The molecule has 0 unspecified atom stereocenters. The third-order valence-electron chi connectivity index (χ3n) is 2.33. The van der Waals surface area contributed by atoms with Crippen molar-refractivity contribution in [2.24, 2.45) is 0 Å². The van der Waals surface area contributed by atoms with Gasteiger partial charge in [-0.3, -0.25) is 0 Å². The van der Waals surface area contributed by atoms with Crippen LogP contribution >= 0.6 is 11.3 Å². The lowest BCUT2D eigenvalue weighted by Gasteiger charge is -1.96. The molecule has 0 aliphatic rings. The van der Waals surface area contributed by atoms with Crippen molar-refractivity contribution in [2.75, 3.05) is 0 Å². The third-order valence-corrected chi connectivity index (χ3v) is 3.40. The summed E-state index contributed by atoms with van der Waals surface area (Å²) in [6.45, 7) is 2.80. The summed E-state index contributed by atoms with van der Waals surface area (Å²) in [5.41, 5.74) is 1.41. The Morgan fingerprint density at radius 2 is 2.29 bits per heavy atom. The lowest BCUT2D eigenvalue weighted by Crippen LogP contribution is -1.79. The normalized spacial score (nSPS) is 11.0. The van der Waals surface area contributed by atoms with Gasteiger partial charge in [0.05, 0.1) is 13.7 Å². The molecule has 1 aromatic heterocycles. The van der Waals surface area contributed by atoms with Crippen LogP contribution in [-0.2, 0) is 17.8 Å². The molecule has 1 nitrogen and oxygen atoms in total. The lowest BCUT2D eigenvalue weighted by atomic mass is 10.1. The molecule has 2 rings (SSSR count). The van der Waals surface area contributed by atoms with Gasteiger partial charge in [-0.25, -0.2) is 0 Å². The summed E-state index contributed by atoms with van der Waals surface area (Å²) in [6, 6.07) is 8.67. The van der Waals surface area contributed by atoms with E-state index in [0.29, 0.717) is 6.61 Å². The molecule has 0 saturated carbocycles. The second kappa shape index (κ2) is 4.11. The molecule has 0 bridgehead atoms. The van der Waals surface area contributed by atoms with Crippen LogP contribution in [0.1, 0.15) is 17.4 Å². The highest BCUT2D eigenvalue weighted by molar-refractivity contribution is 7.19. The SMILES string of the molecule is [CH2]OCc1cc2c(CC)cccc2s1. The standard InChI is InChI=1S/C12H13OS/c1-3-9-5-4-6-12-11(9)7-10(14-12)8-13-2/h4-7H,2-3,8H2,1H3. The number of hydrogen-bond donors (Lipinski definition) is 0. The molecule has 0 saturated heterocycles. The second-order valence-electron chi connectivity index (χ2n) is 3.24. The second-order valence-corrected chi connectivity index (χ2v) is 4.41. The van der Waals surface area contributed by atoms with Crippen LogP contribution < -0.4 is 0 Å². The van der Waals surface area contributed by atoms with Crippen LogP contribution in [0.2, 0.25) is 0 Å². The Kier molecular flexibility index (Phi) is 2.85. The first-order valence-corrected chi connectivity index (χ1v) is 5.54. The van der Waals surface area contributed by atoms with Crippen LogP contribution in [0, 0.1) is 7.11 Å². The van der Waals surface area contributed by atoms with Gasteiger partial charge in [-0.05, 0) is 29.5 Å². The van der Waals surface area contributed by atoms with Gasteiger partial charge in [-0.1, -0.05) is 19.1 Å². The maximum Gasteiger partial charge on any atom is 0.0810 e. The maximum absolute atomic E-state index is 4.89. The summed E-state index contributed by atoms with van der Waals surface area (Å²) in [6.07, 6.45) is 1.08. The maximum atomic E-state index is 4.89. The van der Waals surface area contributed by atoms with E-state index in [1.165, 1.54) is 20.5 Å². The van der Waals surface area contributed by atoms with Gasteiger partial charge in [0.1, 0.15) is 0 Å². The number of aryl methyl sites for hydroxylation is 1. The van der Waals surface area contributed by atoms with E-state index >= 15 is 0 Å². The Morgan fingerprint density at radius 1 is 1.43 bits per heavy atom. The minimum absolute atomic E-state index is 0.614. The van der Waals surface area contributed by atoms with Crippen LogP contribution in [-0.4, -0.2) is 0 Å². The van der Waals surface area contributed by atoms with Crippen molar-refractivity contribution in [2.45, 2.75) is 20.0 Å². The smallest absolute Gasteiger partial charge is 0.0810 e. The minimum atomic E-state index is 0.614. The molecule has 0 N–H and O–H groups in total. The number of fused-ring (bicyclic) bond motifs is 1. The topological polar surface area (TPSA) is 9.23 Å². The Labute approximate surface area is 88.3 Å². The van der Waals surface area contributed by atoms with Gasteiger partial charge in [-0.15, -0.1) is 11.3 Å². The Morgan fingerprint density at radius 3 is 3.00 bits per heavy atom. The van der Waals surface area contributed by atoms with Crippen LogP contribution in [0.15, 0.2) is 24.3 Å². The molecular weight excluding hydrogens is 192 g/mol. The largest absolute Gasteiger partial charge is 0.374 e. The van der Waals surface area contributed by atoms with E-state index in [9.17, 15) is 0 Å². The number of ether oxygens (including phenoxy) is 1. The van der Waals surface area contributed by atoms with Gasteiger partial charge >= 0.3 is 0 Å². The first-order valence-electron chi connectivity index (χ1n) is 4.72. The van der Waals surface area contributed by atoms with E-state index in [1.807, 2.05) is 0 Å². The van der Waals surface area contributed by atoms with Crippen LogP contribution in [0.5, 0.6) is 0 Å². The van der Waals surface area contributed by atoms with Crippen LogP contribution in [0.3, 0.4) is 0 Å². The Bertz CT molecular complexity index is 431. The molecule has 0 amide bonds. The van der Waals surface area contributed by atoms with Crippen molar-refractivity contribution in [1.29, 1.82) is 0 Å². The van der Waals surface area contributed by atoms with Crippen molar-refractivity contribution in [1.82, 2.24) is 0 Å². The fourth-order valence-electron chi connectivity index (χ4n) is 1.65. The van der Waals surface area contributed by atoms with E-state index in [2.05, 4.69) is 38.3 Å². The Hall–Kier alpha value is -0.860. The monoisotopic (exact) mass is 205 g/mol. The average molecular weight is 205 g/mol. The first-order chi connectivity index (χ1) is 6.85. The quantitative estimate of drug-likeness (QED) is 0.741. The summed E-state index contributed by atoms with van der Waals surface area (Å²) in [4.78, 5) is 1.25. The van der Waals surface area contributed by atoms with Gasteiger partial charge in [-0.2, -0.15) is 0 Å². The van der Waals surface area contributed by atoms with Crippen molar-refractivity contribution in [3.8, 4) is 0 Å². The zero-order chi connectivity index (χ0) is 9.97. The van der Waals surface area contributed by atoms with E-state index < -0.39 is 0 Å². The molecule has 0 aliphatic carbocycles. The van der Waals surface area contributed by atoms with Crippen LogP contribution in [0.25, 0.3) is 10.1 Å². The highest BCUT2D eigenvalue weighted by Crippen LogP contribution is 2.28. The summed E-state index contributed by atoms with van der Waals surface area (Å²) in [7, 11) is 3.40. The number of thiophene rings is 1. The predicted octanol–water partition coefficient (Wildman–Crippen LogP) is 3.77. The number of hydrogen-bond acceptors (Lipinski definition) is 2. The van der Waals surface area contributed by atoms with Crippen molar-refractivity contribution < 1.29 is 4.74 Å². The molecule has 2 heteroatoms. The molecule has 73 valence electrons. The van der Waals surface area contributed by atoms with Crippen molar-refractivity contribution >= 4 is 21.4 Å². The molecule has 0 atom stereocenters. The summed E-state index contributed by atoms with van der Waals surface area (Å²) < 4.78 is 6.24. The molecule has 14 heavy (non-hydrogen) atoms. The molecule has 0 fully saturated rings. The van der Waals surface area contributed by atoms with E-state index in [0.717, 1.165) is 6.42 Å². The highest BCUT2D eigenvalue weighted by atomic mass is 32.1. The summed E-state index contributed by atoms with van der Waals surface area (Å²) >= 11 is 1.79. The van der Waals surface area contributed by atoms with Gasteiger partial charge in [0.15, 0.2) is 0 Å². The average Bonchev–Trinajstić information content (AvgIpc) is 2.60. The van der Waals surface area contributed by atoms with Crippen molar-refractivity contribution in [3.05, 3.63) is 41.8 Å². The molecule has 0 aliphatic heterocycles. The van der Waals surface area contributed by atoms with Crippen LogP contribution in [0.4, 0.5) is 0 Å². The number of rotatable bonds is 3. The fourth-order valence-corrected chi connectivity index (χ4v) is 2.70. The molecule has 0 spiro atoms. The van der Waals surface area contributed by atoms with E-state index in [-0.39, 0.29) is 0 Å². The summed E-state index contributed by atoms with van der Waals surface area (Å²) in [5.74, 6) is 0. The van der Waals surface area contributed by atoms with Gasteiger partial charge in [0.25, 0.3) is 0 Å². The number of benzene rings is 1. The summed E-state index contributed by atoms with van der Waals surface area (Å²) in [5, 5.41) is 1.37. The van der Waals surface area contributed by atoms with E-state index in [1.54, 1.807) is 11.3 Å². The third kappa shape index (κ3) is 1.68. The zero-order valence-corrected chi connectivity index (χ0v) is 9.06. The van der Waals surface area contributed by atoms with Gasteiger partial charge in [0.2, 0.25) is 0 Å². The van der Waals surface area contributed by atoms with Gasteiger partial charge < -0.3 is 4.74 Å². The molecule has 1 aromatic carbocycles. The molecule has 2 aromatic rings. The first kappa shape index (κ1) is 9.69. The van der Waals surface area contributed by atoms with Crippen molar-refractivity contribution in [3.63, 3.8) is 0 Å². The van der Waals surface area contributed by atoms with Gasteiger partial charge in [0, 0.05) is 9.58 Å². The molecular formula is C12H13OS. The van der Waals surface area contributed by atoms with E-state index in [4.69, 9.17) is 4.74 Å². The lowest BCUT2D eigenvalue weighted by molar-refractivity contribution is 0.232. The molecule has 1 heterocycles. The Balaban J connectivity index is 2.52. The fraction of sp³-hybridized carbons (Fsp3) is 0.250. The zero-order valence-electron chi connectivity index (χ0n) is 8.25. The highest BCUT2D eigenvalue weighted by Gasteiger charge is 2.04. The molecule has 1 radical (unpaired) electrons.